The Balaban J connectivity index is 2.38. The molecule has 1 heterocycles. The van der Waals surface area contributed by atoms with E-state index in [1.807, 2.05) is 0 Å². The van der Waals surface area contributed by atoms with E-state index < -0.39 is 0 Å². The van der Waals surface area contributed by atoms with Crippen molar-refractivity contribution in [1.82, 2.24) is 0 Å². The summed E-state index contributed by atoms with van der Waals surface area (Å²) in [6.07, 6.45) is 5.10. The van der Waals surface area contributed by atoms with Crippen LogP contribution in [0.5, 0.6) is 0 Å². The van der Waals surface area contributed by atoms with E-state index in [1.54, 1.807) is 11.3 Å². The first-order chi connectivity index (χ1) is 7.70. The second-order valence-corrected chi connectivity index (χ2v) is 9.21. The zero-order valence-electron chi connectivity index (χ0n) is 11.8. The Labute approximate surface area is 119 Å². The highest BCUT2D eigenvalue weighted by Crippen LogP contribution is 2.37. The number of rotatable bonds is 5. The van der Waals surface area contributed by atoms with Gasteiger partial charge in [-0.05, 0) is 69.5 Å². The Bertz CT molecular complexity index is 344. The molecule has 0 aromatic carbocycles. The highest BCUT2D eigenvalue weighted by atomic mass is 79.9. The summed E-state index contributed by atoms with van der Waals surface area (Å²) in [5, 5.41) is 2.17. The molecule has 0 aliphatic heterocycles. The van der Waals surface area contributed by atoms with E-state index in [4.69, 9.17) is 0 Å². The Morgan fingerprint density at radius 2 is 1.82 bits per heavy atom. The lowest BCUT2D eigenvalue weighted by Gasteiger charge is -2.32. The maximum atomic E-state index is 3.61. The van der Waals surface area contributed by atoms with Gasteiger partial charge in [0.25, 0.3) is 0 Å². The molecule has 0 radical (unpaired) electrons. The molecule has 2 heteroatoms. The SMILES string of the molecule is CC(C)(C)CC(C)(C)CCCc1ccsc1Br. The summed E-state index contributed by atoms with van der Waals surface area (Å²) in [6.45, 7) is 11.8. The molecule has 0 saturated carbocycles. The summed E-state index contributed by atoms with van der Waals surface area (Å²) in [5.74, 6) is 0. The molecule has 0 amide bonds. The fraction of sp³-hybridized carbons (Fsp3) is 0.733. The molecule has 0 spiro atoms. The van der Waals surface area contributed by atoms with Crippen LogP contribution >= 0.6 is 27.3 Å². The standard InChI is InChI=1S/C15H25BrS/c1-14(2,3)11-15(4,5)9-6-7-12-8-10-17-13(12)16/h8,10H,6-7,9,11H2,1-5H3. The van der Waals surface area contributed by atoms with Crippen molar-refractivity contribution in [2.45, 2.75) is 60.3 Å². The molecule has 0 saturated heterocycles. The molecule has 1 aromatic heterocycles. The lowest BCUT2D eigenvalue weighted by atomic mass is 9.73. The first kappa shape index (κ1) is 15.2. The molecule has 0 unspecified atom stereocenters. The smallest absolute Gasteiger partial charge is 0.0730 e. The molecule has 0 bridgehead atoms. The van der Waals surface area contributed by atoms with Crippen LogP contribution in [0.25, 0.3) is 0 Å². The molecular weight excluding hydrogens is 292 g/mol. The van der Waals surface area contributed by atoms with Crippen molar-refractivity contribution in [2.75, 3.05) is 0 Å². The average Bonchev–Trinajstić information content (AvgIpc) is 2.47. The van der Waals surface area contributed by atoms with Crippen LogP contribution in [-0.2, 0) is 6.42 Å². The van der Waals surface area contributed by atoms with Crippen molar-refractivity contribution in [3.8, 4) is 0 Å². The van der Waals surface area contributed by atoms with Crippen LogP contribution in [0.1, 0.15) is 59.4 Å². The van der Waals surface area contributed by atoms with E-state index in [2.05, 4.69) is 62.0 Å². The molecule has 0 aliphatic rings. The maximum Gasteiger partial charge on any atom is 0.0730 e. The quantitative estimate of drug-likeness (QED) is 0.598. The topological polar surface area (TPSA) is 0 Å². The highest BCUT2D eigenvalue weighted by molar-refractivity contribution is 9.11. The van der Waals surface area contributed by atoms with Crippen LogP contribution in [-0.4, -0.2) is 0 Å². The van der Waals surface area contributed by atoms with Crippen molar-refractivity contribution in [3.05, 3.63) is 20.8 Å². The number of halogens is 1. The zero-order chi connectivity index (χ0) is 13.1. The van der Waals surface area contributed by atoms with Crippen molar-refractivity contribution < 1.29 is 0 Å². The van der Waals surface area contributed by atoms with Crippen LogP contribution < -0.4 is 0 Å². The molecule has 98 valence electrons. The lowest BCUT2D eigenvalue weighted by Crippen LogP contribution is -2.20. The van der Waals surface area contributed by atoms with E-state index >= 15 is 0 Å². The molecule has 0 atom stereocenters. The third-order valence-corrected chi connectivity index (χ3v) is 4.81. The van der Waals surface area contributed by atoms with Crippen LogP contribution in [0, 0.1) is 10.8 Å². The summed E-state index contributed by atoms with van der Waals surface area (Å²) < 4.78 is 1.31. The first-order valence-corrected chi connectivity index (χ1v) is 8.09. The molecule has 1 aromatic rings. The van der Waals surface area contributed by atoms with Gasteiger partial charge in [0.2, 0.25) is 0 Å². The molecule has 17 heavy (non-hydrogen) atoms. The van der Waals surface area contributed by atoms with Gasteiger partial charge in [0.05, 0.1) is 3.79 Å². The van der Waals surface area contributed by atoms with Crippen molar-refractivity contribution in [3.63, 3.8) is 0 Å². The molecule has 1 rings (SSSR count). The second-order valence-electron chi connectivity index (χ2n) is 6.97. The van der Waals surface area contributed by atoms with Crippen LogP contribution in [0.2, 0.25) is 0 Å². The fourth-order valence-electron chi connectivity index (χ4n) is 2.78. The zero-order valence-corrected chi connectivity index (χ0v) is 14.2. The Kier molecular flexibility index (Phi) is 5.27. The molecular formula is C15H25BrS. The van der Waals surface area contributed by atoms with E-state index in [9.17, 15) is 0 Å². The van der Waals surface area contributed by atoms with Gasteiger partial charge in [-0.1, -0.05) is 34.6 Å². The number of thiophene rings is 1. The van der Waals surface area contributed by atoms with Gasteiger partial charge in [-0.15, -0.1) is 11.3 Å². The second kappa shape index (κ2) is 5.88. The molecule has 0 nitrogen and oxygen atoms in total. The van der Waals surface area contributed by atoms with Gasteiger partial charge in [0, 0.05) is 0 Å². The van der Waals surface area contributed by atoms with Gasteiger partial charge in [0.1, 0.15) is 0 Å². The first-order valence-electron chi connectivity index (χ1n) is 6.42. The van der Waals surface area contributed by atoms with Gasteiger partial charge in [-0.3, -0.25) is 0 Å². The van der Waals surface area contributed by atoms with Gasteiger partial charge in [-0.2, -0.15) is 0 Å². The Morgan fingerprint density at radius 1 is 1.18 bits per heavy atom. The number of hydrogen-bond acceptors (Lipinski definition) is 1. The molecule has 0 N–H and O–H groups in total. The third-order valence-electron chi connectivity index (χ3n) is 3.00. The van der Waals surface area contributed by atoms with Crippen LogP contribution in [0.15, 0.2) is 15.2 Å². The van der Waals surface area contributed by atoms with Crippen molar-refractivity contribution in [1.29, 1.82) is 0 Å². The third kappa shape index (κ3) is 6.05. The molecule has 0 aliphatic carbocycles. The maximum absolute atomic E-state index is 3.61. The predicted molar refractivity (Wildman–Crippen MR) is 82.8 cm³/mol. The van der Waals surface area contributed by atoms with E-state index in [0.29, 0.717) is 10.8 Å². The fourth-order valence-corrected chi connectivity index (χ4v) is 4.11. The largest absolute Gasteiger partial charge is 0.137 e. The average molecular weight is 317 g/mol. The minimum atomic E-state index is 0.437. The number of hydrogen-bond donors (Lipinski definition) is 0. The number of aryl methyl sites for hydroxylation is 1. The summed E-state index contributed by atoms with van der Waals surface area (Å²) >= 11 is 5.40. The van der Waals surface area contributed by atoms with Gasteiger partial charge in [0.15, 0.2) is 0 Å². The minimum Gasteiger partial charge on any atom is -0.137 e. The van der Waals surface area contributed by atoms with Gasteiger partial charge < -0.3 is 0 Å². The summed E-state index contributed by atoms with van der Waals surface area (Å²) in [5.41, 5.74) is 2.37. The highest BCUT2D eigenvalue weighted by Gasteiger charge is 2.24. The van der Waals surface area contributed by atoms with E-state index in [1.165, 1.54) is 35.0 Å². The van der Waals surface area contributed by atoms with Crippen LogP contribution in [0.4, 0.5) is 0 Å². The summed E-state index contributed by atoms with van der Waals surface area (Å²) in [7, 11) is 0. The monoisotopic (exact) mass is 316 g/mol. The van der Waals surface area contributed by atoms with E-state index in [0.717, 1.165) is 0 Å². The Morgan fingerprint density at radius 3 is 2.29 bits per heavy atom. The predicted octanol–water partition coefficient (Wildman–Crippen LogP) is 6.30. The normalized spacial score (nSPS) is 13.1. The minimum absolute atomic E-state index is 0.437. The lowest BCUT2D eigenvalue weighted by molar-refractivity contribution is 0.195. The van der Waals surface area contributed by atoms with Crippen LogP contribution in [0.3, 0.4) is 0 Å². The molecule has 0 fully saturated rings. The van der Waals surface area contributed by atoms with Crippen molar-refractivity contribution in [2.24, 2.45) is 10.8 Å². The Hall–Kier alpha value is 0.180. The van der Waals surface area contributed by atoms with E-state index in [-0.39, 0.29) is 0 Å². The summed E-state index contributed by atoms with van der Waals surface area (Å²) in [4.78, 5) is 0. The summed E-state index contributed by atoms with van der Waals surface area (Å²) in [6, 6.07) is 2.24. The van der Waals surface area contributed by atoms with Gasteiger partial charge in [-0.25, -0.2) is 0 Å². The van der Waals surface area contributed by atoms with Crippen molar-refractivity contribution >= 4 is 27.3 Å². The van der Waals surface area contributed by atoms with Gasteiger partial charge >= 0.3 is 0 Å².